The van der Waals surface area contributed by atoms with E-state index in [0.29, 0.717) is 22.3 Å². The maximum Gasteiger partial charge on any atom is 0.335 e. The SMILES string of the molecule is Cc1cc(C(=O)O)cc(N2C(=O)c3ccc(-c4ccc5c(c4)C(=O)N(C)C5=O)cc3C2=O)c1. The molecule has 0 aromatic heterocycles. The topological polar surface area (TPSA) is 112 Å². The van der Waals surface area contributed by atoms with E-state index in [2.05, 4.69) is 0 Å². The van der Waals surface area contributed by atoms with Crippen molar-refractivity contribution in [3.8, 4) is 11.1 Å². The van der Waals surface area contributed by atoms with Gasteiger partial charge in [-0.25, -0.2) is 9.69 Å². The van der Waals surface area contributed by atoms with Crippen LogP contribution < -0.4 is 4.90 Å². The lowest BCUT2D eigenvalue weighted by atomic mass is 9.97. The number of hydrogen-bond acceptors (Lipinski definition) is 5. The minimum atomic E-state index is -1.16. The first kappa shape index (κ1) is 20.3. The highest BCUT2D eigenvalue weighted by molar-refractivity contribution is 6.34. The normalized spacial score (nSPS) is 14.7. The van der Waals surface area contributed by atoms with Gasteiger partial charge in [0.1, 0.15) is 0 Å². The number of rotatable bonds is 3. The van der Waals surface area contributed by atoms with Crippen LogP contribution in [0.3, 0.4) is 0 Å². The van der Waals surface area contributed by atoms with Crippen LogP contribution in [-0.4, -0.2) is 46.7 Å². The molecule has 0 aliphatic carbocycles. The summed E-state index contributed by atoms with van der Waals surface area (Å²) >= 11 is 0. The van der Waals surface area contributed by atoms with E-state index in [0.717, 1.165) is 9.80 Å². The second kappa shape index (κ2) is 6.96. The molecule has 1 N–H and O–H groups in total. The highest BCUT2D eigenvalue weighted by atomic mass is 16.4. The van der Waals surface area contributed by atoms with Gasteiger partial charge in [-0.2, -0.15) is 0 Å². The van der Waals surface area contributed by atoms with Crippen LogP contribution >= 0.6 is 0 Å². The Bertz CT molecular complexity index is 1460. The van der Waals surface area contributed by atoms with Gasteiger partial charge in [0.15, 0.2) is 0 Å². The number of carboxylic acid groups (broad SMARTS) is 1. The highest BCUT2D eigenvalue weighted by Gasteiger charge is 2.38. The molecule has 0 bridgehead atoms. The zero-order valence-electron chi connectivity index (χ0n) is 17.6. The number of fused-ring (bicyclic) bond motifs is 2. The largest absolute Gasteiger partial charge is 0.478 e. The van der Waals surface area contributed by atoms with E-state index in [1.807, 2.05) is 0 Å². The second-order valence-electron chi connectivity index (χ2n) is 8.00. The Kier molecular flexibility index (Phi) is 4.29. The monoisotopic (exact) mass is 440 g/mol. The summed E-state index contributed by atoms with van der Waals surface area (Å²) in [6.45, 7) is 1.68. The molecule has 0 saturated carbocycles. The highest BCUT2D eigenvalue weighted by Crippen LogP contribution is 2.34. The number of nitrogens with zero attached hydrogens (tertiary/aromatic N) is 2. The van der Waals surface area contributed by atoms with Crippen molar-refractivity contribution in [1.82, 2.24) is 4.90 Å². The number of carbonyl (C=O) groups is 5. The van der Waals surface area contributed by atoms with Crippen molar-refractivity contribution < 1.29 is 29.1 Å². The molecule has 2 heterocycles. The molecule has 33 heavy (non-hydrogen) atoms. The van der Waals surface area contributed by atoms with Crippen LogP contribution in [-0.2, 0) is 0 Å². The van der Waals surface area contributed by atoms with Crippen LogP contribution in [0.5, 0.6) is 0 Å². The van der Waals surface area contributed by atoms with E-state index in [4.69, 9.17) is 0 Å². The van der Waals surface area contributed by atoms with Crippen molar-refractivity contribution in [2.24, 2.45) is 0 Å². The van der Waals surface area contributed by atoms with Crippen LogP contribution in [0.4, 0.5) is 5.69 Å². The van der Waals surface area contributed by atoms with Crippen molar-refractivity contribution in [2.45, 2.75) is 6.92 Å². The molecule has 0 spiro atoms. The average molecular weight is 440 g/mol. The van der Waals surface area contributed by atoms with Gasteiger partial charge in [0, 0.05) is 7.05 Å². The van der Waals surface area contributed by atoms with Gasteiger partial charge in [-0.1, -0.05) is 12.1 Å². The van der Waals surface area contributed by atoms with Gasteiger partial charge in [-0.3, -0.25) is 24.1 Å². The number of carboxylic acids is 1. The zero-order valence-corrected chi connectivity index (χ0v) is 17.6. The van der Waals surface area contributed by atoms with Gasteiger partial charge in [0.25, 0.3) is 23.6 Å². The molecule has 0 saturated heterocycles. The van der Waals surface area contributed by atoms with E-state index < -0.39 is 23.7 Å². The lowest BCUT2D eigenvalue weighted by Crippen LogP contribution is -2.29. The van der Waals surface area contributed by atoms with Crippen molar-refractivity contribution in [3.05, 3.63) is 88.0 Å². The minimum Gasteiger partial charge on any atom is -0.478 e. The van der Waals surface area contributed by atoms with Gasteiger partial charge in [-0.05, 0) is 66.1 Å². The molecule has 2 aliphatic heterocycles. The smallest absolute Gasteiger partial charge is 0.335 e. The summed E-state index contributed by atoms with van der Waals surface area (Å²) in [6, 6.07) is 13.9. The minimum absolute atomic E-state index is 0.0235. The fourth-order valence-corrected chi connectivity index (χ4v) is 4.21. The van der Waals surface area contributed by atoms with Crippen molar-refractivity contribution in [1.29, 1.82) is 0 Å². The Hall–Kier alpha value is -4.59. The number of amides is 4. The van der Waals surface area contributed by atoms with Gasteiger partial charge in [-0.15, -0.1) is 0 Å². The van der Waals surface area contributed by atoms with Crippen LogP contribution in [0.2, 0.25) is 0 Å². The molecule has 3 aromatic rings. The maximum absolute atomic E-state index is 13.2. The predicted molar refractivity (Wildman–Crippen MR) is 118 cm³/mol. The lowest BCUT2D eigenvalue weighted by Gasteiger charge is -2.15. The summed E-state index contributed by atoms with van der Waals surface area (Å²) in [5.74, 6) is -3.03. The molecule has 8 heteroatoms. The summed E-state index contributed by atoms with van der Waals surface area (Å²) in [6.07, 6.45) is 0. The third-order valence-corrected chi connectivity index (χ3v) is 5.88. The van der Waals surface area contributed by atoms with E-state index in [9.17, 15) is 29.1 Å². The fourth-order valence-electron chi connectivity index (χ4n) is 4.21. The maximum atomic E-state index is 13.2. The molecule has 4 amide bonds. The molecule has 0 atom stereocenters. The summed E-state index contributed by atoms with van der Waals surface area (Å²) in [5, 5.41) is 9.33. The third kappa shape index (κ3) is 2.95. The number of carbonyl (C=O) groups excluding carboxylic acids is 4. The molecular weight excluding hydrogens is 424 g/mol. The van der Waals surface area contributed by atoms with Gasteiger partial charge < -0.3 is 5.11 Å². The number of anilines is 1. The number of imide groups is 2. The molecule has 0 unspecified atom stereocenters. The molecule has 0 radical (unpaired) electrons. The van der Waals surface area contributed by atoms with Crippen LogP contribution in [0.25, 0.3) is 11.1 Å². The standard InChI is InChI=1S/C25H16N2O6/c1-12-7-15(25(32)33)9-16(8-12)27-23(30)18-6-4-14(11-20(18)24(27)31)13-3-5-17-19(10-13)22(29)26(2)21(17)28/h3-11H,1-2H3,(H,32,33). The van der Waals surface area contributed by atoms with E-state index in [1.54, 1.807) is 43.3 Å². The predicted octanol–water partition coefficient (Wildman–Crippen LogP) is 3.39. The third-order valence-electron chi connectivity index (χ3n) is 5.88. The number of benzene rings is 3. The summed E-state index contributed by atoms with van der Waals surface area (Å²) in [5.41, 5.74) is 2.97. The van der Waals surface area contributed by atoms with Crippen molar-refractivity contribution in [2.75, 3.05) is 11.9 Å². The molecule has 5 rings (SSSR count). The Labute approximate surface area is 187 Å². The summed E-state index contributed by atoms with van der Waals surface area (Å²) in [4.78, 5) is 64.0. The molecule has 0 fully saturated rings. The van der Waals surface area contributed by atoms with Gasteiger partial charge in [0.2, 0.25) is 0 Å². The fraction of sp³-hybridized carbons (Fsp3) is 0.0800. The Morgan fingerprint density at radius 2 is 1.21 bits per heavy atom. The van der Waals surface area contributed by atoms with Crippen LogP contribution in [0.15, 0.2) is 54.6 Å². The summed E-state index contributed by atoms with van der Waals surface area (Å²) in [7, 11) is 1.42. The first-order chi connectivity index (χ1) is 15.7. The Morgan fingerprint density at radius 1 is 0.697 bits per heavy atom. The average Bonchev–Trinajstić information content (AvgIpc) is 3.17. The number of aryl methyl sites for hydroxylation is 1. The number of hydrogen-bond donors (Lipinski definition) is 1. The van der Waals surface area contributed by atoms with Crippen molar-refractivity contribution in [3.63, 3.8) is 0 Å². The zero-order chi connectivity index (χ0) is 23.6. The molecular formula is C25H16N2O6. The molecule has 3 aromatic carbocycles. The summed E-state index contributed by atoms with van der Waals surface area (Å²) < 4.78 is 0. The number of aromatic carboxylic acids is 1. The van der Waals surface area contributed by atoms with E-state index in [-0.39, 0.29) is 33.8 Å². The Morgan fingerprint density at radius 3 is 1.82 bits per heavy atom. The molecule has 162 valence electrons. The van der Waals surface area contributed by atoms with E-state index >= 15 is 0 Å². The second-order valence-corrected chi connectivity index (χ2v) is 8.00. The Balaban J connectivity index is 1.56. The molecule has 8 nitrogen and oxygen atoms in total. The van der Waals surface area contributed by atoms with Crippen LogP contribution in [0, 0.1) is 6.92 Å². The quantitative estimate of drug-likeness (QED) is 0.625. The lowest BCUT2D eigenvalue weighted by molar-refractivity contribution is 0.0682. The molecule has 2 aliphatic rings. The first-order valence-electron chi connectivity index (χ1n) is 10.0. The van der Waals surface area contributed by atoms with Gasteiger partial charge >= 0.3 is 5.97 Å². The van der Waals surface area contributed by atoms with E-state index in [1.165, 1.54) is 25.2 Å². The van der Waals surface area contributed by atoms with Crippen molar-refractivity contribution >= 4 is 35.3 Å². The first-order valence-corrected chi connectivity index (χ1v) is 10.0. The van der Waals surface area contributed by atoms with Gasteiger partial charge in [0.05, 0.1) is 33.5 Å². The van der Waals surface area contributed by atoms with Crippen LogP contribution in [0.1, 0.15) is 57.4 Å².